The molecule has 0 saturated carbocycles. The van der Waals surface area contributed by atoms with E-state index >= 15 is 0 Å². The van der Waals surface area contributed by atoms with Crippen molar-refractivity contribution < 1.29 is 4.79 Å². The molecule has 1 rings (SSSR count). The molecule has 0 saturated heterocycles. The second-order valence-corrected chi connectivity index (χ2v) is 2.36. The van der Waals surface area contributed by atoms with Crippen molar-refractivity contribution in [1.82, 2.24) is 5.43 Å². The summed E-state index contributed by atoms with van der Waals surface area (Å²) in [7, 11) is 0. The van der Waals surface area contributed by atoms with Gasteiger partial charge in [0.15, 0.2) is 0 Å². The van der Waals surface area contributed by atoms with Gasteiger partial charge in [0, 0.05) is 0 Å². The molecule has 0 heterocycles. The molecule has 0 atom stereocenters. The Morgan fingerprint density at radius 2 is 2.08 bits per heavy atom. The highest BCUT2D eigenvalue weighted by atomic mass is 16.2. The lowest BCUT2D eigenvalue weighted by Gasteiger charge is -2.04. The number of amides is 1. The molecule has 2 N–H and O–H groups in total. The van der Waals surface area contributed by atoms with E-state index in [2.05, 4.69) is 15.7 Å². The Hall–Kier alpha value is -2.02. The SMILES string of the molecule is [C-]#[N+]CC(=O)NNc1ccccc1. The average Bonchev–Trinajstić information content (AvgIpc) is 2.17. The van der Waals surface area contributed by atoms with E-state index in [-0.39, 0.29) is 12.5 Å². The monoisotopic (exact) mass is 175 g/mol. The topological polar surface area (TPSA) is 45.5 Å². The molecule has 0 unspecified atom stereocenters. The van der Waals surface area contributed by atoms with Crippen LogP contribution in [0.2, 0.25) is 0 Å². The normalized spacial score (nSPS) is 8.54. The van der Waals surface area contributed by atoms with Crippen LogP contribution in [-0.4, -0.2) is 12.5 Å². The van der Waals surface area contributed by atoms with Crippen molar-refractivity contribution in [2.75, 3.05) is 12.0 Å². The third-order valence-electron chi connectivity index (χ3n) is 1.34. The van der Waals surface area contributed by atoms with Gasteiger partial charge in [0.2, 0.25) is 0 Å². The third kappa shape index (κ3) is 3.25. The minimum absolute atomic E-state index is 0.153. The molecule has 4 nitrogen and oxygen atoms in total. The van der Waals surface area contributed by atoms with Gasteiger partial charge in [0.25, 0.3) is 6.54 Å². The minimum Gasteiger partial charge on any atom is -0.306 e. The number of nitrogens with one attached hydrogen (secondary N) is 2. The zero-order valence-electron chi connectivity index (χ0n) is 6.95. The van der Waals surface area contributed by atoms with E-state index in [1.807, 2.05) is 30.3 Å². The molecule has 0 aliphatic heterocycles. The maximum atomic E-state index is 10.8. The Bertz CT molecular complexity index is 315. The summed E-state index contributed by atoms with van der Waals surface area (Å²) in [5.41, 5.74) is 5.88. The number of hydrogen-bond acceptors (Lipinski definition) is 2. The van der Waals surface area contributed by atoms with Gasteiger partial charge in [0.05, 0.1) is 5.69 Å². The molecule has 0 aliphatic rings. The van der Waals surface area contributed by atoms with Crippen LogP contribution in [0.15, 0.2) is 30.3 Å². The summed E-state index contributed by atoms with van der Waals surface area (Å²) in [4.78, 5) is 13.8. The summed E-state index contributed by atoms with van der Waals surface area (Å²) in [6.07, 6.45) is 0. The van der Waals surface area contributed by atoms with E-state index in [0.717, 1.165) is 5.69 Å². The number of carbonyl (C=O) groups excluding carboxylic acids is 1. The molecule has 1 aromatic carbocycles. The van der Waals surface area contributed by atoms with Crippen LogP contribution in [0.3, 0.4) is 0 Å². The molecule has 4 heteroatoms. The first kappa shape index (κ1) is 9.07. The van der Waals surface area contributed by atoms with Crippen molar-refractivity contribution in [1.29, 1.82) is 0 Å². The van der Waals surface area contributed by atoms with Crippen LogP contribution in [0.4, 0.5) is 5.69 Å². The highest BCUT2D eigenvalue weighted by Gasteiger charge is 2.00. The molecular formula is C9H9N3O. The lowest BCUT2D eigenvalue weighted by Crippen LogP contribution is -2.30. The molecule has 0 radical (unpaired) electrons. The lowest BCUT2D eigenvalue weighted by atomic mass is 10.3. The zero-order chi connectivity index (χ0) is 9.52. The maximum absolute atomic E-state index is 10.8. The van der Waals surface area contributed by atoms with Crippen molar-refractivity contribution in [2.45, 2.75) is 0 Å². The predicted molar refractivity (Wildman–Crippen MR) is 49.7 cm³/mol. The first-order chi connectivity index (χ1) is 6.33. The number of nitrogens with zero attached hydrogens (tertiary/aromatic N) is 1. The van der Waals surface area contributed by atoms with E-state index in [1.54, 1.807) is 0 Å². The lowest BCUT2D eigenvalue weighted by molar-refractivity contribution is -0.118. The van der Waals surface area contributed by atoms with Crippen molar-refractivity contribution in [3.63, 3.8) is 0 Å². The van der Waals surface area contributed by atoms with E-state index in [0.29, 0.717) is 0 Å². The van der Waals surface area contributed by atoms with E-state index in [9.17, 15) is 4.79 Å². The van der Waals surface area contributed by atoms with Crippen LogP contribution in [0, 0.1) is 6.57 Å². The average molecular weight is 175 g/mol. The quantitative estimate of drug-likeness (QED) is 0.532. The van der Waals surface area contributed by atoms with Gasteiger partial charge in [-0.1, -0.05) is 18.2 Å². The van der Waals surface area contributed by atoms with Gasteiger partial charge in [-0.05, 0) is 12.1 Å². The van der Waals surface area contributed by atoms with Crippen LogP contribution >= 0.6 is 0 Å². The number of benzene rings is 1. The van der Waals surface area contributed by atoms with Crippen molar-refractivity contribution >= 4 is 11.6 Å². The molecule has 0 aromatic heterocycles. The summed E-state index contributed by atoms with van der Waals surface area (Å²) in [6, 6.07) is 9.22. The third-order valence-corrected chi connectivity index (χ3v) is 1.34. The number of hydrogen-bond donors (Lipinski definition) is 2. The molecule has 0 spiro atoms. The van der Waals surface area contributed by atoms with Gasteiger partial charge >= 0.3 is 5.91 Å². The van der Waals surface area contributed by atoms with Crippen LogP contribution in [0.5, 0.6) is 0 Å². The van der Waals surface area contributed by atoms with E-state index in [1.165, 1.54) is 0 Å². The summed E-state index contributed by atoms with van der Waals surface area (Å²) in [5, 5.41) is 0. The number of rotatable bonds is 3. The van der Waals surface area contributed by atoms with Crippen LogP contribution in [-0.2, 0) is 4.79 Å². The summed E-state index contributed by atoms with van der Waals surface area (Å²) >= 11 is 0. The zero-order valence-corrected chi connectivity index (χ0v) is 6.95. The molecule has 1 aromatic rings. The van der Waals surface area contributed by atoms with Crippen LogP contribution in [0.25, 0.3) is 4.85 Å². The Kier molecular flexibility index (Phi) is 3.33. The van der Waals surface area contributed by atoms with Gasteiger partial charge in [-0.3, -0.25) is 15.6 Å². The van der Waals surface area contributed by atoms with Crippen LogP contribution in [0.1, 0.15) is 0 Å². The minimum atomic E-state index is -0.334. The summed E-state index contributed by atoms with van der Waals surface area (Å²) in [6.45, 7) is 6.30. The molecular weight excluding hydrogens is 166 g/mol. The van der Waals surface area contributed by atoms with Gasteiger partial charge < -0.3 is 4.85 Å². The van der Waals surface area contributed by atoms with E-state index < -0.39 is 0 Å². The second kappa shape index (κ2) is 4.78. The standard InChI is InChI=1S/C9H9N3O/c1-10-7-9(13)12-11-8-5-3-2-4-6-8/h2-6,11H,7H2,(H,12,13). The first-order valence-electron chi connectivity index (χ1n) is 3.76. The van der Waals surface area contributed by atoms with Crippen molar-refractivity contribution in [2.24, 2.45) is 0 Å². The van der Waals surface area contributed by atoms with E-state index in [4.69, 9.17) is 6.57 Å². The molecule has 13 heavy (non-hydrogen) atoms. The van der Waals surface area contributed by atoms with Crippen molar-refractivity contribution in [3.05, 3.63) is 41.7 Å². The Balaban J connectivity index is 2.36. The Labute approximate surface area is 76.4 Å². The molecule has 1 amide bonds. The highest BCUT2D eigenvalue weighted by molar-refractivity contribution is 5.80. The highest BCUT2D eigenvalue weighted by Crippen LogP contribution is 2.02. The fraction of sp³-hybridized carbons (Fsp3) is 0.111. The van der Waals surface area contributed by atoms with Crippen LogP contribution < -0.4 is 10.9 Å². The summed E-state index contributed by atoms with van der Waals surface area (Å²) < 4.78 is 0. The number of carbonyl (C=O) groups is 1. The molecule has 0 bridgehead atoms. The number of para-hydroxylation sites is 1. The largest absolute Gasteiger partial charge is 0.318 e. The Morgan fingerprint density at radius 1 is 1.38 bits per heavy atom. The molecule has 0 aliphatic carbocycles. The second-order valence-electron chi connectivity index (χ2n) is 2.36. The van der Waals surface area contributed by atoms with Gasteiger partial charge in [0.1, 0.15) is 0 Å². The summed E-state index contributed by atoms with van der Waals surface area (Å²) in [5.74, 6) is -0.334. The first-order valence-corrected chi connectivity index (χ1v) is 3.76. The fourth-order valence-electron chi connectivity index (χ4n) is 0.775. The van der Waals surface area contributed by atoms with Gasteiger partial charge in [-0.2, -0.15) is 0 Å². The molecule has 66 valence electrons. The maximum Gasteiger partial charge on any atom is 0.318 e. The number of hydrazine groups is 1. The fourth-order valence-corrected chi connectivity index (χ4v) is 0.775. The Morgan fingerprint density at radius 3 is 2.69 bits per heavy atom. The van der Waals surface area contributed by atoms with Gasteiger partial charge in [-0.15, -0.1) is 0 Å². The molecule has 0 fully saturated rings. The predicted octanol–water partition coefficient (Wildman–Crippen LogP) is 1.05. The number of anilines is 1. The van der Waals surface area contributed by atoms with Gasteiger partial charge in [-0.25, -0.2) is 6.57 Å². The van der Waals surface area contributed by atoms with Crippen molar-refractivity contribution in [3.8, 4) is 0 Å². The smallest absolute Gasteiger partial charge is 0.306 e.